The van der Waals surface area contributed by atoms with Crippen molar-refractivity contribution >= 4 is 15.9 Å². The molecule has 0 fully saturated rings. The average molecular weight is 258 g/mol. The molecule has 0 aliphatic rings. The van der Waals surface area contributed by atoms with E-state index in [1.807, 2.05) is 6.07 Å². The van der Waals surface area contributed by atoms with Gasteiger partial charge < -0.3 is 10.5 Å². The Bertz CT molecular complexity index is 301. The van der Waals surface area contributed by atoms with Gasteiger partial charge in [-0.15, -0.1) is 0 Å². The van der Waals surface area contributed by atoms with Crippen LogP contribution >= 0.6 is 15.9 Å². The molecular weight excluding hydrogens is 242 g/mol. The predicted molar refractivity (Wildman–Crippen MR) is 62.7 cm³/mol. The maximum atomic E-state index is 5.88. The number of hydrogen-bond donors (Lipinski definition) is 1. The Morgan fingerprint density at radius 2 is 2.21 bits per heavy atom. The molecule has 78 valence electrons. The third-order valence-corrected chi connectivity index (χ3v) is 2.86. The normalized spacial score (nSPS) is 12.6. The molecular formula is C11H16BrNO. The largest absolute Gasteiger partial charge is 0.496 e. The number of hydrogen-bond acceptors (Lipinski definition) is 2. The van der Waals surface area contributed by atoms with Crippen molar-refractivity contribution in [3.63, 3.8) is 0 Å². The Morgan fingerprint density at radius 1 is 1.50 bits per heavy atom. The van der Waals surface area contributed by atoms with Crippen molar-refractivity contribution in [3.05, 3.63) is 28.2 Å². The SMILES string of the molecule is CC[C@@H](N)Cc1ccc(OC)c(Br)c1. The number of nitrogens with two attached hydrogens (primary N) is 1. The second-order valence-corrected chi connectivity index (χ2v) is 4.20. The molecule has 1 atom stereocenters. The van der Waals surface area contributed by atoms with Gasteiger partial charge in [0.05, 0.1) is 11.6 Å². The molecule has 0 saturated carbocycles. The standard InChI is InChI=1S/C11H16BrNO/c1-3-9(13)6-8-4-5-11(14-2)10(12)7-8/h4-5,7,9H,3,6,13H2,1-2H3/t9-/m1/s1. The highest BCUT2D eigenvalue weighted by Gasteiger charge is 2.04. The monoisotopic (exact) mass is 257 g/mol. The second-order valence-electron chi connectivity index (χ2n) is 3.34. The van der Waals surface area contributed by atoms with E-state index in [2.05, 4.69) is 35.0 Å². The van der Waals surface area contributed by atoms with E-state index in [1.165, 1.54) is 5.56 Å². The molecule has 1 rings (SSSR count). The van der Waals surface area contributed by atoms with E-state index in [0.29, 0.717) is 0 Å². The van der Waals surface area contributed by atoms with Crippen LogP contribution < -0.4 is 10.5 Å². The van der Waals surface area contributed by atoms with Crippen LogP contribution in [-0.4, -0.2) is 13.2 Å². The molecule has 0 aliphatic carbocycles. The van der Waals surface area contributed by atoms with Crippen molar-refractivity contribution in [2.75, 3.05) is 7.11 Å². The van der Waals surface area contributed by atoms with Crippen LogP contribution in [0.2, 0.25) is 0 Å². The molecule has 1 aromatic carbocycles. The summed E-state index contributed by atoms with van der Waals surface area (Å²) in [6.07, 6.45) is 1.92. The lowest BCUT2D eigenvalue weighted by atomic mass is 10.0. The number of ether oxygens (including phenoxy) is 1. The molecule has 0 bridgehead atoms. The fourth-order valence-electron chi connectivity index (χ4n) is 1.28. The lowest BCUT2D eigenvalue weighted by Crippen LogP contribution is -2.21. The summed E-state index contributed by atoms with van der Waals surface area (Å²) in [6, 6.07) is 6.32. The van der Waals surface area contributed by atoms with Gasteiger partial charge in [0.25, 0.3) is 0 Å². The fraction of sp³-hybridized carbons (Fsp3) is 0.455. The smallest absolute Gasteiger partial charge is 0.133 e. The minimum atomic E-state index is 0.246. The Balaban J connectivity index is 2.76. The first kappa shape index (κ1) is 11.5. The van der Waals surface area contributed by atoms with Crippen molar-refractivity contribution < 1.29 is 4.74 Å². The zero-order valence-electron chi connectivity index (χ0n) is 8.59. The zero-order chi connectivity index (χ0) is 10.6. The predicted octanol–water partition coefficient (Wildman–Crippen LogP) is 2.74. The lowest BCUT2D eigenvalue weighted by Gasteiger charge is -2.10. The molecule has 0 heterocycles. The van der Waals surface area contributed by atoms with Crippen molar-refractivity contribution in [1.82, 2.24) is 0 Å². The highest BCUT2D eigenvalue weighted by Crippen LogP contribution is 2.25. The van der Waals surface area contributed by atoms with Gasteiger partial charge in [0.1, 0.15) is 5.75 Å². The van der Waals surface area contributed by atoms with Gasteiger partial charge in [-0.1, -0.05) is 13.0 Å². The third-order valence-electron chi connectivity index (χ3n) is 2.24. The summed E-state index contributed by atoms with van der Waals surface area (Å²) >= 11 is 3.45. The van der Waals surface area contributed by atoms with Gasteiger partial charge in [-0.3, -0.25) is 0 Å². The van der Waals surface area contributed by atoms with Gasteiger partial charge in [0, 0.05) is 6.04 Å². The molecule has 0 spiro atoms. The van der Waals surface area contributed by atoms with Crippen LogP contribution in [0.25, 0.3) is 0 Å². The number of rotatable bonds is 4. The Labute approximate surface area is 93.6 Å². The first-order chi connectivity index (χ1) is 6.67. The van der Waals surface area contributed by atoms with E-state index in [9.17, 15) is 0 Å². The highest BCUT2D eigenvalue weighted by molar-refractivity contribution is 9.10. The van der Waals surface area contributed by atoms with E-state index in [4.69, 9.17) is 10.5 Å². The highest BCUT2D eigenvalue weighted by atomic mass is 79.9. The minimum Gasteiger partial charge on any atom is -0.496 e. The van der Waals surface area contributed by atoms with Gasteiger partial charge >= 0.3 is 0 Å². The molecule has 0 unspecified atom stereocenters. The van der Waals surface area contributed by atoms with Crippen molar-refractivity contribution in [3.8, 4) is 5.75 Å². The van der Waals surface area contributed by atoms with Gasteiger partial charge in [-0.25, -0.2) is 0 Å². The first-order valence-electron chi connectivity index (χ1n) is 4.75. The van der Waals surface area contributed by atoms with Crippen LogP contribution in [0.15, 0.2) is 22.7 Å². The third kappa shape index (κ3) is 3.00. The van der Waals surface area contributed by atoms with Crippen molar-refractivity contribution in [2.24, 2.45) is 5.73 Å². The van der Waals surface area contributed by atoms with Crippen LogP contribution in [0, 0.1) is 0 Å². The minimum absolute atomic E-state index is 0.246. The molecule has 14 heavy (non-hydrogen) atoms. The van der Waals surface area contributed by atoms with Crippen LogP contribution in [-0.2, 0) is 6.42 Å². The molecule has 2 nitrogen and oxygen atoms in total. The molecule has 1 aromatic rings. The fourth-order valence-corrected chi connectivity index (χ4v) is 1.87. The molecule has 0 aliphatic heterocycles. The van der Waals surface area contributed by atoms with E-state index in [1.54, 1.807) is 7.11 Å². The van der Waals surface area contributed by atoms with Gasteiger partial charge in [0.15, 0.2) is 0 Å². The number of benzene rings is 1. The Morgan fingerprint density at radius 3 is 2.71 bits per heavy atom. The van der Waals surface area contributed by atoms with Crippen LogP contribution in [0.5, 0.6) is 5.75 Å². The molecule has 0 amide bonds. The summed E-state index contributed by atoms with van der Waals surface area (Å²) in [5, 5.41) is 0. The number of halogens is 1. The summed E-state index contributed by atoms with van der Waals surface area (Å²) < 4.78 is 6.14. The van der Waals surface area contributed by atoms with Crippen molar-refractivity contribution in [2.45, 2.75) is 25.8 Å². The van der Waals surface area contributed by atoms with E-state index < -0.39 is 0 Å². The first-order valence-corrected chi connectivity index (χ1v) is 5.54. The lowest BCUT2D eigenvalue weighted by molar-refractivity contribution is 0.412. The van der Waals surface area contributed by atoms with E-state index >= 15 is 0 Å². The maximum absolute atomic E-state index is 5.88. The van der Waals surface area contributed by atoms with Crippen LogP contribution in [0.4, 0.5) is 0 Å². The summed E-state index contributed by atoms with van der Waals surface area (Å²) in [5.74, 6) is 0.860. The van der Waals surface area contributed by atoms with Crippen LogP contribution in [0.1, 0.15) is 18.9 Å². The van der Waals surface area contributed by atoms with Crippen molar-refractivity contribution in [1.29, 1.82) is 0 Å². The topological polar surface area (TPSA) is 35.2 Å². The molecule has 0 saturated heterocycles. The Hall–Kier alpha value is -0.540. The van der Waals surface area contributed by atoms with Crippen LogP contribution in [0.3, 0.4) is 0 Å². The summed E-state index contributed by atoms with van der Waals surface area (Å²) in [6.45, 7) is 2.10. The molecule has 2 N–H and O–H groups in total. The van der Waals surface area contributed by atoms with Gasteiger partial charge in [-0.2, -0.15) is 0 Å². The summed E-state index contributed by atoms with van der Waals surface area (Å²) in [4.78, 5) is 0. The zero-order valence-corrected chi connectivity index (χ0v) is 10.2. The number of methoxy groups -OCH3 is 1. The molecule has 3 heteroatoms. The van der Waals surface area contributed by atoms with Gasteiger partial charge in [-0.05, 0) is 46.5 Å². The van der Waals surface area contributed by atoms with E-state index in [-0.39, 0.29) is 6.04 Å². The maximum Gasteiger partial charge on any atom is 0.133 e. The van der Waals surface area contributed by atoms with E-state index in [0.717, 1.165) is 23.1 Å². The quantitative estimate of drug-likeness (QED) is 0.901. The molecule has 0 radical (unpaired) electrons. The second kappa shape index (κ2) is 5.37. The molecule has 0 aromatic heterocycles. The summed E-state index contributed by atoms with van der Waals surface area (Å²) in [7, 11) is 1.66. The summed E-state index contributed by atoms with van der Waals surface area (Å²) in [5.41, 5.74) is 7.12. The Kier molecular flexibility index (Phi) is 4.42. The average Bonchev–Trinajstić information content (AvgIpc) is 2.18. The van der Waals surface area contributed by atoms with Gasteiger partial charge in [0.2, 0.25) is 0 Å².